The molecule has 68 valence electrons. The lowest BCUT2D eigenvalue weighted by atomic mass is 10.2. The molecule has 0 amide bonds. The zero-order valence-electron chi connectivity index (χ0n) is 7.28. The molecule has 0 radical (unpaired) electrons. The van der Waals surface area contributed by atoms with E-state index in [2.05, 4.69) is 5.10 Å². The van der Waals surface area contributed by atoms with Crippen LogP contribution in [0.3, 0.4) is 0 Å². The lowest BCUT2D eigenvalue weighted by Crippen LogP contribution is -2.13. The highest BCUT2D eigenvalue weighted by atomic mass is 32.1. The minimum Gasteiger partial charge on any atom is -0.295 e. The van der Waals surface area contributed by atoms with E-state index in [0.717, 1.165) is 11.3 Å². The van der Waals surface area contributed by atoms with Gasteiger partial charge in [-0.25, -0.2) is 0 Å². The number of nitrogens with one attached hydrogen (secondary N) is 1. The standard InChI is InChI=1S/C9H10N2OS/c1-2-11-9(12)5-8(10-11)7-3-4-13-6-7/h3-6,10H,2H2,1H3. The molecule has 0 aliphatic heterocycles. The second-order valence-electron chi connectivity index (χ2n) is 2.76. The molecule has 0 saturated heterocycles. The Kier molecular flexibility index (Phi) is 2.06. The molecule has 3 nitrogen and oxygen atoms in total. The molecule has 0 unspecified atom stereocenters. The van der Waals surface area contributed by atoms with Gasteiger partial charge < -0.3 is 0 Å². The minimum atomic E-state index is 0.0312. The summed E-state index contributed by atoms with van der Waals surface area (Å²) >= 11 is 1.63. The number of nitrogens with zero attached hydrogens (tertiary/aromatic N) is 1. The second kappa shape index (κ2) is 3.22. The summed E-state index contributed by atoms with van der Waals surface area (Å²) in [6, 6.07) is 3.63. The van der Waals surface area contributed by atoms with Gasteiger partial charge in [-0.3, -0.25) is 14.6 Å². The van der Waals surface area contributed by atoms with E-state index in [1.165, 1.54) is 0 Å². The van der Waals surface area contributed by atoms with Gasteiger partial charge in [0.2, 0.25) is 0 Å². The number of thiophene rings is 1. The van der Waals surface area contributed by atoms with Gasteiger partial charge in [0.15, 0.2) is 0 Å². The quantitative estimate of drug-likeness (QED) is 0.779. The molecule has 0 aromatic carbocycles. The van der Waals surface area contributed by atoms with Crippen LogP contribution in [0.4, 0.5) is 0 Å². The van der Waals surface area contributed by atoms with Crippen LogP contribution in [0, 0.1) is 0 Å². The zero-order valence-corrected chi connectivity index (χ0v) is 8.10. The van der Waals surface area contributed by atoms with Crippen molar-refractivity contribution in [1.29, 1.82) is 0 Å². The topological polar surface area (TPSA) is 37.8 Å². The summed E-state index contributed by atoms with van der Waals surface area (Å²) in [5, 5.41) is 7.06. The fourth-order valence-electron chi connectivity index (χ4n) is 1.23. The number of rotatable bonds is 2. The van der Waals surface area contributed by atoms with Crippen molar-refractivity contribution < 1.29 is 0 Å². The van der Waals surface area contributed by atoms with Crippen LogP contribution in [0.1, 0.15) is 6.92 Å². The number of hydrogen-bond donors (Lipinski definition) is 1. The molecule has 1 N–H and O–H groups in total. The average molecular weight is 194 g/mol. The molecular formula is C9H10N2OS. The predicted molar refractivity (Wildman–Crippen MR) is 54.0 cm³/mol. The minimum absolute atomic E-state index is 0.0312. The van der Waals surface area contributed by atoms with Crippen LogP contribution < -0.4 is 5.56 Å². The highest BCUT2D eigenvalue weighted by molar-refractivity contribution is 7.08. The highest BCUT2D eigenvalue weighted by Gasteiger charge is 2.03. The molecule has 0 spiro atoms. The third-order valence-electron chi connectivity index (χ3n) is 1.94. The van der Waals surface area contributed by atoms with Crippen LogP contribution in [0.2, 0.25) is 0 Å². The molecule has 13 heavy (non-hydrogen) atoms. The Hall–Kier alpha value is -1.29. The average Bonchev–Trinajstić information content (AvgIpc) is 2.71. The van der Waals surface area contributed by atoms with Gasteiger partial charge in [-0.15, -0.1) is 0 Å². The van der Waals surface area contributed by atoms with Gasteiger partial charge in [0.05, 0.1) is 5.69 Å². The number of hydrogen-bond acceptors (Lipinski definition) is 2. The fraction of sp³-hybridized carbons (Fsp3) is 0.222. The van der Waals surface area contributed by atoms with Gasteiger partial charge in [0, 0.05) is 23.6 Å². The van der Waals surface area contributed by atoms with Crippen LogP contribution in [-0.2, 0) is 6.54 Å². The van der Waals surface area contributed by atoms with E-state index in [1.807, 2.05) is 23.8 Å². The number of H-pyrrole nitrogens is 1. The Balaban J connectivity index is 2.49. The third-order valence-corrected chi connectivity index (χ3v) is 2.62. The normalized spacial score (nSPS) is 10.5. The Labute approximate surface area is 79.6 Å². The van der Waals surface area contributed by atoms with E-state index in [-0.39, 0.29) is 5.56 Å². The molecule has 0 saturated carbocycles. The first kappa shape index (κ1) is 8.31. The first-order valence-corrected chi connectivity index (χ1v) is 5.08. The van der Waals surface area contributed by atoms with E-state index >= 15 is 0 Å². The van der Waals surface area contributed by atoms with Gasteiger partial charge >= 0.3 is 0 Å². The summed E-state index contributed by atoms with van der Waals surface area (Å²) < 4.78 is 1.59. The van der Waals surface area contributed by atoms with Crippen molar-refractivity contribution in [2.45, 2.75) is 13.5 Å². The Morgan fingerprint density at radius 3 is 3.00 bits per heavy atom. The summed E-state index contributed by atoms with van der Waals surface area (Å²) in [6.45, 7) is 2.62. The maximum Gasteiger partial charge on any atom is 0.267 e. The molecule has 0 aliphatic rings. The zero-order chi connectivity index (χ0) is 9.26. The maximum atomic E-state index is 11.3. The van der Waals surface area contributed by atoms with Gasteiger partial charge in [-0.1, -0.05) is 0 Å². The molecule has 2 rings (SSSR count). The van der Waals surface area contributed by atoms with E-state index < -0.39 is 0 Å². The van der Waals surface area contributed by atoms with Crippen molar-refractivity contribution in [2.75, 3.05) is 0 Å². The van der Waals surface area contributed by atoms with E-state index in [1.54, 1.807) is 22.1 Å². The summed E-state index contributed by atoms with van der Waals surface area (Å²) in [5.41, 5.74) is 2.01. The van der Waals surface area contributed by atoms with Crippen LogP contribution in [0.25, 0.3) is 11.3 Å². The first-order chi connectivity index (χ1) is 6.31. The van der Waals surface area contributed by atoms with E-state index in [9.17, 15) is 4.79 Å². The van der Waals surface area contributed by atoms with E-state index in [0.29, 0.717) is 6.54 Å². The smallest absolute Gasteiger partial charge is 0.267 e. The summed E-state index contributed by atoms with van der Waals surface area (Å²) in [4.78, 5) is 11.3. The van der Waals surface area contributed by atoms with Crippen LogP contribution in [0.15, 0.2) is 27.7 Å². The van der Waals surface area contributed by atoms with Crippen LogP contribution in [0.5, 0.6) is 0 Å². The molecule has 2 heterocycles. The number of aryl methyl sites for hydroxylation is 1. The van der Waals surface area contributed by atoms with Crippen molar-refractivity contribution in [3.8, 4) is 11.3 Å². The van der Waals surface area contributed by atoms with Gasteiger partial charge in [0.25, 0.3) is 5.56 Å². The van der Waals surface area contributed by atoms with Crippen molar-refractivity contribution in [3.63, 3.8) is 0 Å². The SMILES string of the molecule is CCn1[nH]c(-c2ccsc2)cc1=O. The predicted octanol–water partition coefficient (Wildman–Crippen LogP) is 1.92. The van der Waals surface area contributed by atoms with Crippen molar-refractivity contribution in [3.05, 3.63) is 33.2 Å². The van der Waals surface area contributed by atoms with Crippen molar-refractivity contribution in [1.82, 2.24) is 9.78 Å². The second-order valence-corrected chi connectivity index (χ2v) is 3.54. The van der Waals surface area contributed by atoms with Gasteiger partial charge in [0.1, 0.15) is 0 Å². The Morgan fingerprint density at radius 1 is 1.62 bits per heavy atom. The number of aromatic amines is 1. The largest absolute Gasteiger partial charge is 0.295 e. The summed E-state index contributed by atoms with van der Waals surface area (Å²) in [7, 11) is 0. The maximum absolute atomic E-state index is 11.3. The number of aromatic nitrogens is 2. The van der Waals surface area contributed by atoms with Crippen LogP contribution in [-0.4, -0.2) is 9.78 Å². The molecule has 0 aliphatic carbocycles. The molecule has 2 aromatic heterocycles. The molecule has 0 fully saturated rings. The summed E-state index contributed by atoms with van der Waals surface area (Å²) in [5.74, 6) is 0. The van der Waals surface area contributed by atoms with Crippen molar-refractivity contribution >= 4 is 11.3 Å². The molecule has 2 aromatic rings. The van der Waals surface area contributed by atoms with Crippen molar-refractivity contribution in [2.24, 2.45) is 0 Å². The summed E-state index contributed by atoms with van der Waals surface area (Å²) in [6.07, 6.45) is 0. The lowest BCUT2D eigenvalue weighted by molar-refractivity contribution is 0.640. The molecule has 0 atom stereocenters. The highest BCUT2D eigenvalue weighted by Crippen LogP contribution is 2.17. The Morgan fingerprint density at radius 2 is 2.46 bits per heavy atom. The van der Waals surface area contributed by atoms with E-state index in [4.69, 9.17) is 0 Å². The van der Waals surface area contributed by atoms with Crippen LogP contribution >= 0.6 is 11.3 Å². The third kappa shape index (κ3) is 1.45. The van der Waals surface area contributed by atoms with Gasteiger partial charge in [-0.05, 0) is 18.4 Å². The Bertz CT molecular complexity index is 438. The molecule has 4 heteroatoms. The first-order valence-electron chi connectivity index (χ1n) is 4.13. The monoisotopic (exact) mass is 194 g/mol. The fourth-order valence-corrected chi connectivity index (χ4v) is 1.89. The molecule has 0 bridgehead atoms. The lowest BCUT2D eigenvalue weighted by Gasteiger charge is -1.94. The van der Waals surface area contributed by atoms with Gasteiger partial charge in [-0.2, -0.15) is 11.3 Å². The molecular weight excluding hydrogens is 184 g/mol.